The highest BCUT2D eigenvalue weighted by Crippen LogP contribution is 2.31. The number of hydrazine groups is 1. The molecule has 0 amide bonds. The highest BCUT2D eigenvalue weighted by molar-refractivity contribution is 5.41. The van der Waals surface area contributed by atoms with E-state index in [4.69, 9.17) is 16.3 Å². The summed E-state index contributed by atoms with van der Waals surface area (Å²) < 4.78 is 5.89. The van der Waals surface area contributed by atoms with Crippen molar-refractivity contribution in [1.82, 2.24) is 9.97 Å². The fourth-order valence-electron chi connectivity index (χ4n) is 2.72. The molecule has 0 aliphatic heterocycles. The van der Waals surface area contributed by atoms with Crippen molar-refractivity contribution in [1.29, 1.82) is 0 Å². The van der Waals surface area contributed by atoms with E-state index >= 15 is 0 Å². The topological polar surface area (TPSA) is 99.1 Å². The van der Waals surface area contributed by atoms with Gasteiger partial charge in [0, 0.05) is 6.07 Å². The van der Waals surface area contributed by atoms with Crippen molar-refractivity contribution in [3.63, 3.8) is 0 Å². The first-order valence-corrected chi connectivity index (χ1v) is 6.34. The highest BCUT2D eigenvalue weighted by atomic mass is 16.5. The van der Waals surface area contributed by atoms with Gasteiger partial charge in [0.25, 0.3) is 0 Å². The summed E-state index contributed by atoms with van der Waals surface area (Å²) in [6.07, 6.45) is 3.57. The van der Waals surface area contributed by atoms with Gasteiger partial charge >= 0.3 is 0 Å². The third-order valence-electron chi connectivity index (χ3n) is 3.29. The van der Waals surface area contributed by atoms with Crippen LogP contribution >= 0.6 is 0 Å². The molecule has 18 heavy (non-hydrogen) atoms. The molecule has 0 aromatic carbocycles. The van der Waals surface area contributed by atoms with Gasteiger partial charge in [-0.2, -0.15) is 9.97 Å². The number of hydrogen-bond donors (Lipinski definition) is 3. The summed E-state index contributed by atoms with van der Waals surface area (Å²) in [5, 5.41) is 0. The Morgan fingerprint density at radius 3 is 2.50 bits per heavy atom. The molecule has 0 radical (unpaired) electrons. The van der Waals surface area contributed by atoms with Crippen LogP contribution in [0, 0.1) is 11.8 Å². The lowest BCUT2D eigenvalue weighted by Crippen LogP contribution is -2.29. The first kappa shape index (κ1) is 12.9. The summed E-state index contributed by atoms with van der Waals surface area (Å²) in [5.74, 6) is 7.80. The number of nitrogens with zero attached hydrogens (tertiary/aromatic N) is 2. The van der Waals surface area contributed by atoms with Crippen LogP contribution in [0.5, 0.6) is 5.88 Å². The molecular weight excluding hydrogens is 230 g/mol. The molecule has 2 rings (SSSR count). The van der Waals surface area contributed by atoms with Crippen LogP contribution < -0.4 is 21.7 Å². The first-order chi connectivity index (χ1) is 8.56. The Balaban J connectivity index is 2.06. The average Bonchev–Trinajstić information content (AvgIpc) is 2.26. The fourth-order valence-corrected chi connectivity index (χ4v) is 2.72. The molecule has 1 aliphatic carbocycles. The van der Waals surface area contributed by atoms with Gasteiger partial charge in [0.05, 0.1) is 0 Å². The third-order valence-corrected chi connectivity index (χ3v) is 3.29. The normalized spacial score (nSPS) is 27.8. The molecule has 1 saturated carbocycles. The van der Waals surface area contributed by atoms with E-state index < -0.39 is 0 Å². The lowest BCUT2D eigenvalue weighted by molar-refractivity contribution is 0.0968. The number of rotatable bonds is 3. The monoisotopic (exact) mass is 251 g/mol. The molecule has 5 N–H and O–H groups in total. The zero-order valence-electron chi connectivity index (χ0n) is 10.9. The number of nitrogens with two attached hydrogens (primary N) is 2. The van der Waals surface area contributed by atoms with Crippen LogP contribution in [0.15, 0.2) is 6.07 Å². The molecule has 0 bridgehead atoms. The quantitative estimate of drug-likeness (QED) is 0.557. The second-order valence-electron chi connectivity index (χ2n) is 5.25. The largest absolute Gasteiger partial charge is 0.474 e. The summed E-state index contributed by atoms with van der Waals surface area (Å²) >= 11 is 0. The van der Waals surface area contributed by atoms with E-state index in [2.05, 4.69) is 29.2 Å². The van der Waals surface area contributed by atoms with Crippen molar-refractivity contribution in [2.24, 2.45) is 17.7 Å². The summed E-state index contributed by atoms with van der Waals surface area (Å²) in [7, 11) is 0. The molecule has 100 valence electrons. The van der Waals surface area contributed by atoms with Gasteiger partial charge in [-0.1, -0.05) is 13.8 Å². The van der Waals surface area contributed by atoms with Crippen LogP contribution in [0.1, 0.15) is 33.1 Å². The third kappa shape index (κ3) is 3.22. The van der Waals surface area contributed by atoms with Crippen LogP contribution in [0.25, 0.3) is 0 Å². The lowest BCUT2D eigenvalue weighted by Gasteiger charge is -2.31. The number of hydrogen-bond acceptors (Lipinski definition) is 6. The number of aromatic nitrogens is 2. The van der Waals surface area contributed by atoms with Gasteiger partial charge in [0.2, 0.25) is 11.8 Å². The zero-order valence-corrected chi connectivity index (χ0v) is 10.9. The van der Waals surface area contributed by atoms with Crippen LogP contribution in [0.3, 0.4) is 0 Å². The van der Waals surface area contributed by atoms with Crippen LogP contribution in [-0.4, -0.2) is 16.1 Å². The Morgan fingerprint density at radius 1 is 1.22 bits per heavy atom. The number of nitrogens with one attached hydrogen (secondary N) is 1. The lowest BCUT2D eigenvalue weighted by atomic mass is 9.82. The molecule has 1 fully saturated rings. The maximum atomic E-state index is 5.89. The molecule has 2 atom stereocenters. The van der Waals surface area contributed by atoms with Gasteiger partial charge in [0.1, 0.15) is 11.9 Å². The molecular formula is C12H21N5O. The van der Waals surface area contributed by atoms with Crippen LogP contribution in [-0.2, 0) is 0 Å². The van der Waals surface area contributed by atoms with Gasteiger partial charge < -0.3 is 15.9 Å². The average molecular weight is 251 g/mol. The maximum absolute atomic E-state index is 5.89. The molecule has 6 heteroatoms. The second-order valence-corrected chi connectivity index (χ2v) is 5.25. The Morgan fingerprint density at radius 2 is 1.89 bits per heavy atom. The molecule has 2 unspecified atom stereocenters. The number of ether oxygens (including phenoxy) is 1. The second kappa shape index (κ2) is 5.39. The van der Waals surface area contributed by atoms with Gasteiger partial charge in [-0.05, 0) is 31.1 Å². The van der Waals surface area contributed by atoms with Crippen molar-refractivity contribution in [2.45, 2.75) is 39.2 Å². The summed E-state index contributed by atoms with van der Waals surface area (Å²) in [5.41, 5.74) is 8.05. The summed E-state index contributed by atoms with van der Waals surface area (Å²) in [6, 6.07) is 1.67. The van der Waals surface area contributed by atoms with Gasteiger partial charge in [0.15, 0.2) is 0 Å². The van der Waals surface area contributed by atoms with Crippen molar-refractivity contribution in [3.05, 3.63) is 6.07 Å². The van der Waals surface area contributed by atoms with Crippen molar-refractivity contribution < 1.29 is 4.74 Å². The molecule has 1 heterocycles. The fraction of sp³-hybridized carbons (Fsp3) is 0.667. The first-order valence-electron chi connectivity index (χ1n) is 6.34. The molecule has 6 nitrogen and oxygen atoms in total. The van der Waals surface area contributed by atoms with Gasteiger partial charge in [-0.15, -0.1) is 0 Å². The zero-order chi connectivity index (χ0) is 13.1. The number of nitrogen functional groups attached to an aromatic ring is 2. The van der Waals surface area contributed by atoms with E-state index in [1.165, 1.54) is 6.42 Å². The SMILES string of the molecule is CC1CC(C)CC(Oc2cc(NN)nc(N)n2)C1. The highest BCUT2D eigenvalue weighted by Gasteiger charge is 2.25. The van der Waals surface area contributed by atoms with Gasteiger partial charge in [-0.25, -0.2) is 5.84 Å². The predicted octanol–water partition coefficient (Wildman–Crippen LogP) is 1.55. The van der Waals surface area contributed by atoms with Crippen molar-refractivity contribution in [2.75, 3.05) is 11.2 Å². The van der Waals surface area contributed by atoms with E-state index in [1.54, 1.807) is 6.07 Å². The molecule has 0 spiro atoms. The van der Waals surface area contributed by atoms with E-state index in [0.29, 0.717) is 23.5 Å². The van der Waals surface area contributed by atoms with E-state index in [9.17, 15) is 0 Å². The molecule has 1 aliphatic rings. The summed E-state index contributed by atoms with van der Waals surface area (Å²) in [6.45, 7) is 4.51. The van der Waals surface area contributed by atoms with E-state index in [0.717, 1.165) is 12.8 Å². The van der Waals surface area contributed by atoms with Gasteiger partial charge in [-0.3, -0.25) is 0 Å². The predicted molar refractivity (Wildman–Crippen MR) is 70.8 cm³/mol. The summed E-state index contributed by atoms with van der Waals surface area (Å²) in [4.78, 5) is 8.00. The molecule has 1 aromatic heterocycles. The van der Waals surface area contributed by atoms with E-state index in [-0.39, 0.29) is 12.1 Å². The Bertz CT molecular complexity index is 401. The molecule has 1 aromatic rings. The Labute approximate surface area is 107 Å². The smallest absolute Gasteiger partial charge is 0.225 e. The minimum Gasteiger partial charge on any atom is -0.474 e. The minimum atomic E-state index is 0.164. The molecule has 0 saturated heterocycles. The maximum Gasteiger partial charge on any atom is 0.225 e. The van der Waals surface area contributed by atoms with Crippen molar-refractivity contribution >= 4 is 11.8 Å². The van der Waals surface area contributed by atoms with Crippen molar-refractivity contribution in [3.8, 4) is 5.88 Å². The van der Waals surface area contributed by atoms with Crippen LogP contribution in [0.4, 0.5) is 11.8 Å². The Kier molecular flexibility index (Phi) is 3.86. The standard InChI is InChI=1S/C12H21N5O/c1-7-3-8(2)5-9(4-7)18-11-6-10(17-14)15-12(13)16-11/h6-9H,3-5,14H2,1-2H3,(H3,13,15,16,17). The minimum absolute atomic E-state index is 0.164. The van der Waals surface area contributed by atoms with E-state index in [1.807, 2.05) is 0 Å². The number of anilines is 2. The Hall–Kier alpha value is -1.56. The van der Waals surface area contributed by atoms with Crippen LogP contribution in [0.2, 0.25) is 0 Å².